The van der Waals surface area contributed by atoms with Crippen LogP contribution in [0, 0.1) is 11.8 Å². The predicted molar refractivity (Wildman–Crippen MR) is 112 cm³/mol. The van der Waals surface area contributed by atoms with Crippen molar-refractivity contribution in [3.8, 4) is 5.75 Å². The number of aromatic nitrogens is 1. The van der Waals surface area contributed by atoms with Gasteiger partial charge in [0, 0.05) is 35.7 Å². The summed E-state index contributed by atoms with van der Waals surface area (Å²) in [6, 6.07) is 4.39. The second-order valence-electron chi connectivity index (χ2n) is 8.64. The first kappa shape index (κ1) is 18.5. The number of hydrogen-bond donors (Lipinski definition) is 1. The molecule has 2 aromatic rings. The summed E-state index contributed by atoms with van der Waals surface area (Å²) in [7, 11) is 3.23. The van der Waals surface area contributed by atoms with Crippen molar-refractivity contribution in [3.63, 3.8) is 0 Å². The Morgan fingerprint density at radius 1 is 1.39 bits per heavy atom. The predicted octanol–water partition coefficient (Wildman–Crippen LogP) is 4.03. The number of carbonyl (C=O) groups excluding carboxylic acids is 1. The van der Waals surface area contributed by atoms with Crippen LogP contribution in [0.1, 0.15) is 37.4 Å². The van der Waals surface area contributed by atoms with Crippen LogP contribution in [0.15, 0.2) is 16.6 Å². The zero-order valence-corrected chi connectivity index (χ0v) is 18.3. The van der Waals surface area contributed by atoms with Crippen LogP contribution in [-0.2, 0) is 21.4 Å². The number of benzene rings is 1. The number of carbonyl (C=O) groups is 1. The molecule has 4 bridgehead atoms. The van der Waals surface area contributed by atoms with Gasteiger partial charge in [-0.25, -0.2) is 0 Å². The van der Waals surface area contributed by atoms with Gasteiger partial charge >= 0.3 is 5.97 Å². The van der Waals surface area contributed by atoms with E-state index < -0.39 is 5.41 Å². The van der Waals surface area contributed by atoms with Gasteiger partial charge in [-0.1, -0.05) is 13.3 Å². The Hall–Kier alpha value is -1.53. The molecule has 5 nitrogen and oxygen atoms in total. The number of methoxy groups -OCH3 is 2. The quantitative estimate of drug-likeness (QED) is 0.723. The molecule has 5 atom stereocenters. The van der Waals surface area contributed by atoms with Crippen LogP contribution in [0.4, 0.5) is 0 Å². The number of esters is 1. The summed E-state index contributed by atoms with van der Waals surface area (Å²) >= 11 is 3.60. The molecule has 2 saturated heterocycles. The third kappa shape index (κ3) is 2.31. The van der Waals surface area contributed by atoms with Gasteiger partial charge in [-0.05, 0) is 64.7 Å². The zero-order chi connectivity index (χ0) is 19.6. The van der Waals surface area contributed by atoms with E-state index in [-0.39, 0.29) is 12.0 Å². The molecule has 6 rings (SSSR count). The minimum Gasteiger partial charge on any atom is -0.496 e. The molecule has 4 aliphatic rings. The van der Waals surface area contributed by atoms with Gasteiger partial charge in [0.25, 0.3) is 0 Å². The molecule has 3 fully saturated rings. The molecule has 0 amide bonds. The number of aromatic amines is 1. The number of ether oxygens (including phenoxy) is 2. The van der Waals surface area contributed by atoms with Crippen LogP contribution in [0.5, 0.6) is 5.75 Å². The fraction of sp³-hybridized carbons (Fsp3) is 0.591. The van der Waals surface area contributed by atoms with E-state index in [0.717, 1.165) is 59.2 Å². The van der Waals surface area contributed by atoms with Gasteiger partial charge in [-0.15, -0.1) is 0 Å². The summed E-state index contributed by atoms with van der Waals surface area (Å²) in [5, 5.41) is 1.16. The van der Waals surface area contributed by atoms with Crippen molar-refractivity contribution in [2.45, 2.75) is 44.1 Å². The van der Waals surface area contributed by atoms with E-state index in [4.69, 9.17) is 9.47 Å². The molecule has 150 valence electrons. The van der Waals surface area contributed by atoms with Gasteiger partial charge in [0.2, 0.25) is 0 Å². The number of halogens is 1. The number of piperidine rings is 2. The lowest BCUT2D eigenvalue weighted by Crippen LogP contribution is -2.67. The number of H-pyrrole nitrogens is 1. The molecule has 0 spiro atoms. The lowest BCUT2D eigenvalue weighted by molar-refractivity contribution is -0.162. The van der Waals surface area contributed by atoms with Crippen LogP contribution < -0.4 is 4.74 Å². The molecule has 1 aliphatic carbocycles. The lowest BCUT2D eigenvalue weighted by Gasteiger charge is -2.57. The highest BCUT2D eigenvalue weighted by Gasteiger charge is 2.62. The Bertz CT molecular complexity index is 955. The fourth-order valence-corrected chi connectivity index (χ4v) is 6.98. The monoisotopic (exact) mass is 446 g/mol. The second kappa shape index (κ2) is 6.49. The Morgan fingerprint density at radius 3 is 2.93 bits per heavy atom. The number of hydrogen-bond acceptors (Lipinski definition) is 4. The van der Waals surface area contributed by atoms with E-state index in [1.807, 2.05) is 0 Å². The SMILES string of the molecule is CCC1CC2CN3CCc4c([nH]c5cc(Br)c(OC)cc45)[C@](C(=O)OC)(C2)C13. The van der Waals surface area contributed by atoms with Gasteiger partial charge in [-0.3, -0.25) is 9.69 Å². The maximum Gasteiger partial charge on any atom is 0.319 e. The molecular weight excluding hydrogens is 420 g/mol. The smallest absolute Gasteiger partial charge is 0.319 e. The van der Waals surface area contributed by atoms with Gasteiger partial charge in [0.15, 0.2) is 0 Å². The summed E-state index contributed by atoms with van der Waals surface area (Å²) in [5.41, 5.74) is 2.81. The van der Waals surface area contributed by atoms with E-state index >= 15 is 0 Å². The molecule has 3 aliphatic heterocycles. The van der Waals surface area contributed by atoms with E-state index in [1.165, 1.54) is 19.1 Å². The highest BCUT2D eigenvalue weighted by molar-refractivity contribution is 9.10. The van der Waals surface area contributed by atoms with Crippen molar-refractivity contribution in [1.29, 1.82) is 0 Å². The zero-order valence-electron chi connectivity index (χ0n) is 16.7. The summed E-state index contributed by atoms with van der Waals surface area (Å²) < 4.78 is 11.9. The van der Waals surface area contributed by atoms with Gasteiger partial charge in [-0.2, -0.15) is 0 Å². The summed E-state index contributed by atoms with van der Waals surface area (Å²) in [5.74, 6) is 1.82. The summed E-state index contributed by atoms with van der Waals surface area (Å²) in [4.78, 5) is 19.7. The Labute approximate surface area is 173 Å². The second-order valence-corrected chi connectivity index (χ2v) is 9.49. The third-order valence-corrected chi connectivity index (χ3v) is 8.05. The molecule has 1 aromatic carbocycles. The van der Waals surface area contributed by atoms with E-state index in [2.05, 4.69) is 44.9 Å². The van der Waals surface area contributed by atoms with Crippen molar-refractivity contribution in [3.05, 3.63) is 27.9 Å². The van der Waals surface area contributed by atoms with Crippen LogP contribution >= 0.6 is 15.9 Å². The molecule has 1 saturated carbocycles. The van der Waals surface area contributed by atoms with E-state index in [1.54, 1.807) is 7.11 Å². The molecule has 0 radical (unpaired) electrons. The minimum atomic E-state index is -0.596. The van der Waals surface area contributed by atoms with Crippen LogP contribution in [0.3, 0.4) is 0 Å². The lowest BCUT2D eigenvalue weighted by atomic mass is 9.56. The van der Waals surface area contributed by atoms with Crippen molar-refractivity contribution in [2.75, 3.05) is 27.3 Å². The van der Waals surface area contributed by atoms with E-state index in [0.29, 0.717) is 11.8 Å². The third-order valence-electron chi connectivity index (χ3n) is 7.43. The Morgan fingerprint density at radius 2 is 2.21 bits per heavy atom. The minimum absolute atomic E-state index is 0.0777. The Balaban J connectivity index is 1.80. The molecule has 6 heteroatoms. The highest BCUT2D eigenvalue weighted by atomic mass is 79.9. The van der Waals surface area contributed by atoms with Gasteiger partial charge in [0.05, 0.1) is 18.7 Å². The van der Waals surface area contributed by atoms with Gasteiger partial charge < -0.3 is 14.5 Å². The fourth-order valence-electron chi connectivity index (χ4n) is 6.48. The molecule has 4 heterocycles. The maximum atomic E-state index is 13.4. The maximum absolute atomic E-state index is 13.4. The molecule has 1 aromatic heterocycles. The Kier molecular flexibility index (Phi) is 4.29. The van der Waals surface area contributed by atoms with Crippen LogP contribution in [0.2, 0.25) is 0 Å². The first-order valence-electron chi connectivity index (χ1n) is 10.2. The topological polar surface area (TPSA) is 54.6 Å². The largest absolute Gasteiger partial charge is 0.496 e. The molecule has 28 heavy (non-hydrogen) atoms. The summed E-state index contributed by atoms with van der Waals surface area (Å²) in [6.45, 7) is 4.36. The molecular formula is C22H27BrN2O3. The number of fused-ring (bicyclic) bond motifs is 4. The van der Waals surface area contributed by atoms with Crippen LogP contribution in [-0.4, -0.2) is 49.2 Å². The number of rotatable bonds is 3. The first-order valence-corrected chi connectivity index (χ1v) is 11.0. The normalized spacial score (nSPS) is 33.4. The average molecular weight is 447 g/mol. The van der Waals surface area contributed by atoms with Crippen molar-refractivity contribution in [1.82, 2.24) is 9.88 Å². The average Bonchev–Trinajstić information content (AvgIpc) is 3.03. The van der Waals surface area contributed by atoms with Crippen molar-refractivity contribution in [2.24, 2.45) is 11.8 Å². The molecule has 1 N–H and O–H groups in total. The van der Waals surface area contributed by atoms with Crippen molar-refractivity contribution < 1.29 is 14.3 Å². The highest BCUT2D eigenvalue weighted by Crippen LogP contribution is 2.55. The van der Waals surface area contributed by atoms with Crippen LogP contribution in [0.25, 0.3) is 10.9 Å². The first-order chi connectivity index (χ1) is 13.5. The number of nitrogens with zero attached hydrogens (tertiary/aromatic N) is 1. The van der Waals surface area contributed by atoms with E-state index in [9.17, 15) is 4.79 Å². The molecule has 4 unspecified atom stereocenters. The number of nitrogens with one attached hydrogen (secondary N) is 1. The standard InChI is InChI=1S/C22H27BrN2O3/c1-4-13-7-12-10-22(21(26)28-3)19-14(5-6-25(11-12)20(13)22)15-8-18(27-2)16(23)9-17(15)24-19/h8-9,12-13,20,24H,4-7,10-11H2,1-3H3/t12?,13?,20?,22-/m1/s1. The summed E-state index contributed by atoms with van der Waals surface area (Å²) in [6.07, 6.45) is 4.16. The van der Waals surface area contributed by atoms with Gasteiger partial charge in [0.1, 0.15) is 11.2 Å². The van der Waals surface area contributed by atoms with Crippen molar-refractivity contribution >= 4 is 32.8 Å².